The van der Waals surface area contributed by atoms with E-state index in [2.05, 4.69) is 10.2 Å². The Morgan fingerprint density at radius 2 is 2.09 bits per heavy atom. The minimum Gasteiger partial charge on any atom is -0.340 e. The number of halogens is 3. The summed E-state index contributed by atoms with van der Waals surface area (Å²) in [5.74, 6) is -0.172. The van der Waals surface area contributed by atoms with Gasteiger partial charge >= 0.3 is 6.18 Å². The van der Waals surface area contributed by atoms with E-state index in [0.29, 0.717) is 12.2 Å². The number of hydrogen-bond acceptors (Lipinski definition) is 3. The van der Waals surface area contributed by atoms with Gasteiger partial charge in [0.25, 0.3) is 0 Å². The number of alkyl halides is 3. The van der Waals surface area contributed by atoms with Gasteiger partial charge in [0, 0.05) is 39.0 Å². The molecule has 0 bridgehead atoms. The summed E-state index contributed by atoms with van der Waals surface area (Å²) in [5, 5.41) is 7.53. The average molecular weight is 329 g/mol. The number of aryl methyl sites for hydroxylation is 3. The molecule has 0 aliphatic carbocycles. The van der Waals surface area contributed by atoms with E-state index in [-0.39, 0.29) is 18.9 Å². The largest absolute Gasteiger partial charge is 0.435 e. The molecule has 23 heavy (non-hydrogen) atoms. The first-order chi connectivity index (χ1) is 10.7. The third kappa shape index (κ3) is 4.11. The van der Waals surface area contributed by atoms with E-state index in [4.69, 9.17) is 0 Å². The van der Waals surface area contributed by atoms with Gasteiger partial charge in [-0.15, -0.1) is 0 Å². The Kier molecular flexibility index (Phi) is 4.76. The molecule has 0 aliphatic rings. The molecule has 0 spiro atoms. The minimum atomic E-state index is -4.48. The number of carbonyl (C=O) groups excluding carboxylic acids is 1. The Balaban J connectivity index is 1.94. The predicted octanol–water partition coefficient (Wildman–Crippen LogP) is 1.99. The number of rotatable bonds is 5. The first kappa shape index (κ1) is 17.0. The van der Waals surface area contributed by atoms with E-state index in [1.54, 1.807) is 31.0 Å². The lowest BCUT2D eigenvalue weighted by molar-refractivity contribution is -0.141. The first-order valence-corrected chi connectivity index (χ1v) is 7.01. The Morgan fingerprint density at radius 3 is 2.61 bits per heavy atom. The van der Waals surface area contributed by atoms with Gasteiger partial charge in [0.1, 0.15) is 0 Å². The van der Waals surface area contributed by atoms with Gasteiger partial charge in [0.2, 0.25) is 5.91 Å². The molecule has 0 saturated carbocycles. The zero-order chi connectivity index (χ0) is 17.2. The summed E-state index contributed by atoms with van der Waals surface area (Å²) < 4.78 is 40.7. The molecule has 0 atom stereocenters. The second-order valence-electron chi connectivity index (χ2n) is 5.34. The third-order valence-corrected chi connectivity index (χ3v) is 3.56. The monoisotopic (exact) mass is 329 g/mol. The molecule has 6 nitrogen and oxygen atoms in total. The van der Waals surface area contributed by atoms with Crippen LogP contribution < -0.4 is 0 Å². The van der Waals surface area contributed by atoms with Crippen LogP contribution in [0.5, 0.6) is 0 Å². The number of hydrogen-bond donors (Lipinski definition) is 0. The van der Waals surface area contributed by atoms with E-state index in [1.165, 1.54) is 16.5 Å². The molecule has 0 radical (unpaired) electrons. The summed E-state index contributed by atoms with van der Waals surface area (Å²) >= 11 is 0. The summed E-state index contributed by atoms with van der Waals surface area (Å²) in [5.41, 5.74) is 0.306. The summed E-state index contributed by atoms with van der Waals surface area (Å²) in [6.07, 6.45) is -2.76. The molecule has 126 valence electrons. The van der Waals surface area contributed by atoms with Gasteiger partial charge in [-0.05, 0) is 19.1 Å². The highest BCUT2D eigenvalue weighted by molar-refractivity contribution is 5.75. The van der Waals surface area contributed by atoms with Crippen molar-refractivity contribution in [2.24, 2.45) is 7.05 Å². The van der Waals surface area contributed by atoms with Crippen LogP contribution in [0.3, 0.4) is 0 Å². The molecule has 2 heterocycles. The van der Waals surface area contributed by atoms with Crippen LogP contribution in [0.15, 0.2) is 18.3 Å². The molecule has 0 aliphatic heterocycles. The summed E-state index contributed by atoms with van der Waals surface area (Å²) in [6, 6.07) is 2.78. The molecule has 0 saturated heterocycles. The number of aromatic nitrogens is 4. The van der Waals surface area contributed by atoms with Crippen LogP contribution in [-0.2, 0) is 31.1 Å². The Morgan fingerprint density at radius 1 is 1.39 bits per heavy atom. The van der Waals surface area contributed by atoms with Crippen molar-refractivity contribution < 1.29 is 18.0 Å². The van der Waals surface area contributed by atoms with Crippen molar-refractivity contribution in [3.8, 4) is 0 Å². The maximum atomic E-state index is 12.6. The molecule has 2 aromatic rings. The number of carbonyl (C=O) groups is 1. The van der Waals surface area contributed by atoms with E-state index in [1.807, 2.05) is 0 Å². The van der Waals surface area contributed by atoms with Crippen molar-refractivity contribution in [2.45, 2.75) is 32.6 Å². The molecular weight excluding hydrogens is 311 g/mol. The van der Waals surface area contributed by atoms with Gasteiger partial charge in [-0.1, -0.05) is 0 Å². The Bertz CT molecular complexity index is 689. The van der Waals surface area contributed by atoms with Crippen LogP contribution in [0.25, 0.3) is 0 Å². The van der Waals surface area contributed by atoms with Crippen LogP contribution >= 0.6 is 0 Å². The molecule has 2 rings (SSSR count). The fourth-order valence-electron chi connectivity index (χ4n) is 2.16. The van der Waals surface area contributed by atoms with Crippen LogP contribution in [0.2, 0.25) is 0 Å². The Hall–Kier alpha value is -2.32. The first-order valence-electron chi connectivity index (χ1n) is 7.01. The van der Waals surface area contributed by atoms with Crippen molar-refractivity contribution in [2.75, 3.05) is 7.05 Å². The van der Waals surface area contributed by atoms with E-state index >= 15 is 0 Å². The zero-order valence-electron chi connectivity index (χ0n) is 13.1. The van der Waals surface area contributed by atoms with Gasteiger partial charge in [-0.25, -0.2) is 0 Å². The lowest BCUT2D eigenvalue weighted by atomic mass is 10.3. The molecule has 9 heteroatoms. The number of nitrogens with zero attached hydrogens (tertiary/aromatic N) is 5. The fourth-order valence-corrected chi connectivity index (χ4v) is 2.16. The van der Waals surface area contributed by atoms with Gasteiger partial charge in [-0.3, -0.25) is 14.2 Å². The molecule has 2 aromatic heterocycles. The van der Waals surface area contributed by atoms with E-state index in [9.17, 15) is 18.0 Å². The highest BCUT2D eigenvalue weighted by atomic mass is 19.4. The minimum absolute atomic E-state index is 0.0775. The lowest BCUT2D eigenvalue weighted by Gasteiger charge is -2.17. The normalized spacial score (nSPS) is 11.7. The molecule has 0 unspecified atom stereocenters. The SMILES string of the molecule is Cc1cc(C(F)(F)F)nn1CCC(=O)N(C)Cc1ccnn1C. The second kappa shape index (κ2) is 6.43. The quantitative estimate of drug-likeness (QED) is 0.843. The molecular formula is C14H18F3N5O. The van der Waals surface area contributed by atoms with Gasteiger partial charge in [-0.2, -0.15) is 23.4 Å². The topological polar surface area (TPSA) is 56.0 Å². The van der Waals surface area contributed by atoms with Crippen molar-refractivity contribution in [3.63, 3.8) is 0 Å². The Labute approximate surface area is 131 Å². The van der Waals surface area contributed by atoms with Crippen LogP contribution in [0, 0.1) is 6.92 Å². The fraction of sp³-hybridized carbons (Fsp3) is 0.500. The van der Waals surface area contributed by atoms with Gasteiger partial charge in [0.15, 0.2) is 5.69 Å². The molecule has 0 aromatic carbocycles. The standard InChI is InChI=1S/C14H18F3N5O/c1-10-8-12(14(15,16)17)19-22(10)7-5-13(23)20(2)9-11-4-6-18-21(11)3/h4,6,8H,5,7,9H2,1-3H3. The lowest BCUT2D eigenvalue weighted by Crippen LogP contribution is -2.28. The van der Waals surface area contributed by atoms with Crippen molar-refractivity contribution >= 4 is 5.91 Å². The summed E-state index contributed by atoms with van der Waals surface area (Å²) in [4.78, 5) is 13.6. The van der Waals surface area contributed by atoms with Crippen LogP contribution in [0.4, 0.5) is 13.2 Å². The van der Waals surface area contributed by atoms with Crippen molar-refractivity contribution in [1.29, 1.82) is 0 Å². The summed E-state index contributed by atoms with van der Waals surface area (Å²) in [6.45, 7) is 2.03. The highest BCUT2D eigenvalue weighted by Gasteiger charge is 2.34. The number of amides is 1. The smallest absolute Gasteiger partial charge is 0.340 e. The molecule has 0 fully saturated rings. The van der Waals surface area contributed by atoms with Crippen molar-refractivity contribution in [3.05, 3.63) is 35.4 Å². The van der Waals surface area contributed by atoms with Crippen LogP contribution in [0.1, 0.15) is 23.5 Å². The van der Waals surface area contributed by atoms with E-state index < -0.39 is 11.9 Å². The summed E-state index contributed by atoms with van der Waals surface area (Å²) in [7, 11) is 3.42. The average Bonchev–Trinajstić information content (AvgIpc) is 3.02. The maximum absolute atomic E-state index is 12.6. The van der Waals surface area contributed by atoms with Crippen LogP contribution in [-0.4, -0.2) is 37.4 Å². The van der Waals surface area contributed by atoms with Gasteiger partial charge < -0.3 is 4.90 Å². The van der Waals surface area contributed by atoms with Crippen molar-refractivity contribution in [1.82, 2.24) is 24.5 Å². The third-order valence-electron chi connectivity index (χ3n) is 3.56. The van der Waals surface area contributed by atoms with E-state index in [0.717, 1.165) is 11.8 Å². The molecule has 0 N–H and O–H groups in total. The maximum Gasteiger partial charge on any atom is 0.435 e. The second-order valence-corrected chi connectivity index (χ2v) is 5.34. The highest BCUT2D eigenvalue weighted by Crippen LogP contribution is 2.28. The predicted molar refractivity (Wildman–Crippen MR) is 76.3 cm³/mol. The van der Waals surface area contributed by atoms with Gasteiger partial charge in [0.05, 0.1) is 12.2 Å². The molecule has 1 amide bonds. The zero-order valence-corrected chi connectivity index (χ0v) is 13.1.